The molecule has 0 saturated carbocycles. The number of ether oxygens (including phenoxy) is 2. The number of nitrogens with two attached hydrogens (primary N) is 1. The Bertz CT molecular complexity index is 1080. The number of nitrogen functional groups attached to an aromatic ring is 1. The van der Waals surface area contributed by atoms with Crippen molar-refractivity contribution in [2.75, 3.05) is 12.3 Å². The van der Waals surface area contributed by atoms with E-state index in [4.69, 9.17) is 24.3 Å². The summed E-state index contributed by atoms with van der Waals surface area (Å²) in [7, 11) is -4.18. The summed E-state index contributed by atoms with van der Waals surface area (Å²) in [5.41, 5.74) is 7.71. The minimum atomic E-state index is -4.18. The maximum atomic E-state index is 12.0. The van der Waals surface area contributed by atoms with Crippen LogP contribution in [0.4, 0.5) is 5.82 Å². The summed E-state index contributed by atoms with van der Waals surface area (Å²) in [6.07, 6.45) is 0.0410. The second-order valence-corrected chi connectivity index (χ2v) is 8.15. The molecule has 2 saturated heterocycles. The Balaban J connectivity index is 1.50. The van der Waals surface area contributed by atoms with E-state index in [1.807, 2.05) is 30.3 Å². The maximum Gasteiger partial charge on any atom is 0.472 e. The van der Waals surface area contributed by atoms with Crippen LogP contribution < -0.4 is 5.73 Å². The van der Waals surface area contributed by atoms with Crippen LogP contribution in [0, 0.1) is 0 Å². The number of imidazole rings is 1. The predicted molar refractivity (Wildman–Crippen MR) is 99.3 cm³/mol. The van der Waals surface area contributed by atoms with Gasteiger partial charge >= 0.3 is 7.82 Å². The fourth-order valence-corrected chi connectivity index (χ4v) is 4.51. The number of rotatable bonds is 4. The van der Waals surface area contributed by atoms with Crippen molar-refractivity contribution < 1.29 is 28.0 Å². The number of phosphoric acid groups is 1. The molecule has 1 unspecified atom stereocenters. The van der Waals surface area contributed by atoms with E-state index in [0.717, 1.165) is 5.56 Å². The Morgan fingerprint density at radius 2 is 2.10 bits per heavy atom. The van der Waals surface area contributed by atoms with Crippen LogP contribution >= 0.6 is 7.82 Å². The second-order valence-electron chi connectivity index (χ2n) is 6.74. The van der Waals surface area contributed by atoms with Gasteiger partial charge in [-0.25, -0.2) is 19.5 Å². The number of hydrogen-bond donors (Lipinski definition) is 2. The first-order chi connectivity index (χ1) is 14.0. The average Bonchev–Trinajstić information content (AvgIpc) is 3.28. The molecule has 5 atom stereocenters. The first kappa shape index (κ1) is 18.6. The van der Waals surface area contributed by atoms with E-state index < -0.39 is 32.4 Å². The van der Waals surface area contributed by atoms with E-state index in [1.54, 1.807) is 4.57 Å². The zero-order chi connectivity index (χ0) is 20.0. The van der Waals surface area contributed by atoms with Crippen LogP contribution in [0.15, 0.2) is 43.0 Å². The molecular formula is C17H18N5O6P. The van der Waals surface area contributed by atoms with Gasteiger partial charge < -0.3 is 20.1 Å². The van der Waals surface area contributed by atoms with Crippen LogP contribution in [-0.4, -0.2) is 49.3 Å². The lowest BCUT2D eigenvalue weighted by molar-refractivity contribution is -0.0713. The van der Waals surface area contributed by atoms with Crippen LogP contribution in [0.2, 0.25) is 0 Å². The van der Waals surface area contributed by atoms with Gasteiger partial charge in [-0.3, -0.25) is 13.6 Å². The van der Waals surface area contributed by atoms with E-state index in [-0.39, 0.29) is 19.0 Å². The molecule has 0 aliphatic carbocycles. The number of anilines is 1. The van der Waals surface area contributed by atoms with Crippen molar-refractivity contribution in [2.45, 2.75) is 31.1 Å². The monoisotopic (exact) mass is 419 g/mol. The van der Waals surface area contributed by atoms with E-state index in [1.165, 1.54) is 12.7 Å². The summed E-state index contributed by atoms with van der Waals surface area (Å²) < 4.78 is 36.0. The summed E-state index contributed by atoms with van der Waals surface area (Å²) in [4.78, 5) is 22.2. The topological polar surface area (TPSA) is 144 Å². The van der Waals surface area contributed by atoms with Crippen molar-refractivity contribution in [3.05, 3.63) is 48.5 Å². The molecule has 29 heavy (non-hydrogen) atoms. The second kappa shape index (κ2) is 7.13. The van der Waals surface area contributed by atoms with Crippen molar-refractivity contribution in [3.63, 3.8) is 0 Å². The third-order valence-electron chi connectivity index (χ3n) is 4.89. The number of hydrogen-bond acceptors (Lipinski definition) is 9. The molecule has 152 valence electrons. The quantitative estimate of drug-likeness (QED) is 0.596. The standard InChI is InChI=1S/C17H18N5O6P/c18-15-12-16(20-8-19-15)22(9-21-12)17-14(25-6-10-4-2-1-3-5-10)13-11(27-17)7-26-29(23,24)28-13/h1-5,8-9,11,13-14,17H,6-7H2,(H,23,24)(H2,18,19,20)/t11-,13-,14+,17-/m1/s1. The molecule has 0 bridgehead atoms. The first-order valence-corrected chi connectivity index (χ1v) is 10.4. The molecule has 11 nitrogen and oxygen atoms in total. The summed E-state index contributed by atoms with van der Waals surface area (Å²) >= 11 is 0. The van der Waals surface area contributed by atoms with Crippen LogP contribution in [-0.2, 0) is 29.7 Å². The van der Waals surface area contributed by atoms with E-state index in [2.05, 4.69) is 15.0 Å². The molecule has 0 radical (unpaired) electrons. The van der Waals surface area contributed by atoms with Crippen molar-refractivity contribution in [1.82, 2.24) is 19.5 Å². The van der Waals surface area contributed by atoms with Gasteiger partial charge in [0.2, 0.25) is 0 Å². The molecule has 4 heterocycles. The minimum Gasteiger partial charge on any atom is -0.382 e. The highest BCUT2D eigenvalue weighted by atomic mass is 31.2. The van der Waals surface area contributed by atoms with Gasteiger partial charge in [0.25, 0.3) is 0 Å². The lowest BCUT2D eigenvalue weighted by atomic mass is 10.1. The Labute approximate surface area is 165 Å². The number of nitrogens with zero attached hydrogens (tertiary/aromatic N) is 4. The van der Waals surface area contributed by atoms with E-state index in [0.29, 0.717) is 11.2 Å². The summed E-state index contributed by atoms with van der Waals surface area (Å²) in [6.45, 7) is 0.169. The molecule has 2 aromatic heterocycles. The van der Waals surface area contributed by atoms with Gasteiger partial charge in [-0.05, 0) is 5.56 Å². The van der Waals surface area contributed by atoms with E-state index >= 15 is 0 Å². The molecule has 3 aromatic rings. The fraction of sp³-hybridized carbons (Fsp3) is 0.353. The SMILES string of the molecule is Nc1ncnc2c1ncn2[C@@H]1O[C@@H]2COP(=O)(O)O[C@H]2[C@@H]1OCc1ccccc1. The Morgan fingerprint density at radius 3 is 2.93 bits per heavy atom. The number of aromatic nitrogens is 4. The zero-order valence-electron chi connectivity index (χ0n) is 15.1. The third kappa shape index (κ3) is 3.42. The Kier molecular flexibility index (Phi) is 4.58. The van der Waals surface area contributed by atoms with Gasteiger partial charge in [-0.1, -0.05) is 30.3 Å². The van der Waals surface area contributed by atoms with Gasteiger partial charge in [0.05, 0.1) is 19.5 Å². The molecule has 2 fully saturated rings. The highest BCUT2D eigenvalue weighted by molar-refractivity contribution is 7.47. The van der Waals surface area contributed by atoms with Crippen LogP contribution in [0.5, 0.6) is 0 Å². The van der Waals surface area contributed by atoms with Crippen LogP contribution in [0.3, 0.4) is 0 Å². The lowest BCUT2D eigenvalue weighted by Crippen LogP contribution is -2.40. The number of phosphoric ester groups is 1. The molecule has 2 aliphatic heterocycles. The van der Waals surface area contributed by atoms with E-state index in [9.17, 15) is 9.46 Å². The van der Waals surface area contributed by atoms with Gasteiger partial charge in [0.1, 0.15) is 30.2 Å². The van der Waals surface area contributed by atoms with Crippen molar-refractivity contribution in [1.29, 1.82) is 0 Å². The van der Waals surface area contributed by atoms with Crippen LogP contribution in [0.25, 0.3) is 11.2 Å². The molecule has 2 aliphatic rings. The molecular weight excluding hydrogens is 401 g/mol. The third-order valence-corrected chi connectivity index (χ3v) is 5.87. The van der Waals surface area contributed by atoms with Gasteiger partial charge in [-0.2, -0.15) is 0 Å². The molecule has 5 rings (SSSR count). The molecule has 0 spiro atoms. The highest BCUT2D eigenvalue weighted by Gasteiger charge is 2.54. The number of fused-ring (bicyclic) bond motifs is 2. The lowest BCUT2D eigenvalue weighted by Gasteiger charge is -2.29. The zero-order valence-corrected chi connectivity index (χ0v) is 16.0. The molecule has 1 aromatic carbocycles. The van der Waals surface area contributed by atoms with Crippen LogP contribution in [0.1, 0.15) is 11.8 Å². The summed E-state index contributed by atoms with van der Waals surface area (Å²) in [5.74, 6) is 0.241. The normalized spacial score (nSPS) is 31.8. The Hall–Kier alpha value is -2.40. The average molecular weight is 419 g/mol. The maximum absolute atomic E-state index is 12.0. The first-order valence-electron chi connectivity index (χ1n) is 8.91. The molecule has 0 amide bonds. The van der Waals surface area contributed by atoms with Crippen molar-refractivity contribution >= 4 is 24.8 Å². The number of benzene rings is 1. The summed E-state index contributed by atoms with van der Waals surface area (Å²) in [5, 5.41) is 0. The summed E-state index contributed by atoms with van der Waals surface area (Å²) in [6, 6.07) is 9.56. The smallest absolute Gasteiger partial charge is 0.382 e. The largest absolute Gasteiger partial charge is 0.472 e. The van der Waals surface area contributed by atoms with Gasteiger partial charge in [0, 0.05) is 0 Å². The molecule has 3 N–H and O–H groups in total. The van der Waals surface area contributed by atoms with Gasteiger partial charge in [-0.15, -0.1) is 0 Å². The Morgan fingerprint density at radius 1 is 1.28 bits per heavy atom. The minimum absolute atomic E-state index is 0.0934. The highest BCUT2D eigenvalue weighted by Crippen LogP contribution is 2.53. The fourth-order valence-electron chi connectivity index (χ4n) is 3.55. The molecule has 12 heteroatoms. The van der Waals surface area contributed by atoms with Gasteiger partial charge in [0.15, 0.2) is 17.7 Å². The van der Waals surface area contributed by atoms with Crippen molar-refractivity contribution in [2.24, 2.45) is 0 Å². The predicted octanol–water partition coefficient (Wildman–Crippen LogP) is 1.41. The van der Waals surface area contributed by atoms with Crippen molar-refractivity contribution in [3.8, 4) is 0 Å².